The molecule has 1 aromatic heterocycles. The second-order valence-electron chi connectivity index (χ2n) is 6.57. The van der Waals surface area contributed by atoms with Crippen molar-refractivity contribution in [2.24, 2.45) is 4.99 Å². The minimum absolute atomic E-state index is 0.139. The van der Waals surface area contributed by atoms with E-state index in [1.54, 1.807) is 18.4 Å². The van der Waals surface area contributed by atoms with Crippen LogP contribution in [0, 0.1) is 6.92 Å². The second-order valence-corrected chi connectivity index (χ2v) is 7.77. The van der Waals surface area contributed by atoms with E-state index >= 15 is 0 Å². The summed E-state index contributed by atoms with van der Waals surface area (Å²) in [5, 5.41) is 7.75. The summed E-state index contributed by atoms with van der Waals surface area (Å²) in [4.78, 5) is 10.0. The molecule has 1 aromatic carbocycles. The highest BCUT2D eigenvalue weighted by Gasteiger charge is 2.18. The van der Waals surface area contributed by atoms with Crippen molar-refractivity contribution in [3.8, 4) is 5.75 Å². The largest absolute Gasteiger partial charge is 0.488 e. The molecule has 0 aliphatic carbocycles. The van der Waals surface area contributed by atoms with Crippen LogP contribution in [0.15, 0.2) is 29.4 Å². The van der Waals surface area contributed by atoms with E-state index in [2.05, 4.69) is 52.7 Å². The van der Waals surface area contributed by atoms with Crippen LogP contribution in [0.25, 0.3) is 0 Å². The number of hydrogen-bond acceptors (Lipinski definition) is 5. The zero-order chi connectivity index (χ0) is 19.1. The van der Waals surface area contributed by atoms with Crippen LogP contribution >= 0.6 is 11.3 Å². The maximum Gasteiger partial charge on any atom is 0.191 e. The molecule has 1 fully saturated rings. The Kier molecular flexibility index (Phi) is 7.06. The van der Waals surface area contributed by atoms with Crippen LogP contribution in [-0.2, 0) is 24.2 Å². The van der Waals surface area contributed by atoms with Gasteiger partial charge in [0, 0.05) is 36.7 Å². The van der Waals surface area contributed by atoms with E-state index in [0.717, 1.165) is 41.7 Å². The molecule has 2 N–H and O–H groups in total. The molecule has 1 saturated heterocycles. The molecule has 0 radical (unpaired) electrons. The quantitative estimate of drug-likeness (QED) is 0.564. The molecule has 1 unspecified atom stereocenters. The predicted molar refractivity (Wildman–Crippen MR) is 110 cm³/mol. The lowest BCUT2D eigenvalue weighted by Crippen LogP contribution is -2.36. The number of thiazole rings is 1. The highest BCUT2D eigenvalue weighted by molar-refractivity contribution is 7.11. The molecule has 0 spiro atoms. The molecule has 0 bridgehead atoms. The van der Waals surface area contributed by atoms with Crippen LogP contribution in [0.2, 0.25) is 0 Å². The number of ether oxygens (including phenoxy) is 2. The molecule has 1 aliphatic heterocycles. The molecule has 0 saturated carbocycles. The van der Waals surface area contributed by atoms with Crippen molar-refractivity contribution < 1.29 is 9.47 Å². The first-order chi connectivity index (χ1) is 13.2. The average Bonchev–Trinajstić information content (AvgIpc) is 3.35. The first-order valence-corrected chi connectivity index (χ1v) is 10.2. The van der Waals surface area contributed by atoms with Crippen molar-refractivity contribution in [2.45, 2.75) is 45.9 Å². The Morgan fingerprint density at radius 3 is 2.93 bits per heavy atom. The fourth-order valence-electron chi connectivity index (χ4n) is 2.86. The standard InChI is InChI=1S/C20H28N4O2S/c1-4-17-11-22-19(27-17)12-24-20(21-3)23-10-15-6-5-14(2)9-18(15)26-16-7-8-25-13-16/h5-6,9,11,16H,4,7-8,10,12-13H2,1-3H3,(H2,21,23,24). The molecule has 7 heteroatoms. The molecule has 2 aromatic rings. The maximum absolute atomic E-state index is 6.16. The van der Waals surface area contributed by atoms with Gasteiger partial charge in [-0.3, -0.25) is 4.99 Å². The van der Waals surface area contributed by atoms with Gasteiger partial charge in [0.2, 0.25) is 0 Å². The highest BCUT2D eigenvalue weighted by Crippen LogP contribution is 2.23. The van der Waals surface area contributed by atoms with E-state index in [0.29, 0.717) is 19.7 Å². The summed E-state index contributed by atoms with van der Waals surface area (Å²) in [6, 6.07) is 6.30. The van der Waals surface area contributed by atoms with Crippen LogP contribution in [0.5, 0.6) is 5.75 Å². The molecule has 6 nitrogen and oxygen atoms in total. The summed E-state index contributed by atoms with van der Waals surface area (Å²) in [7, 11) is 1.77. The lowest BCUT2D eigenvalue weighted by molar-refractivity contribution is 0.140. The summed E-state index contributed by atoms with van der Waals surface area (Å²) in [5.74, 6) is 1.67. The second kappa shape index (κ2) is 9.71. The van der Waals surface area contributed by atoms with Crippen molar-refractivity contribution in [3.05, 3.63) is 45.4 Å². The number of nitrogens with one attached hydrogen (secondary N) is 2. The molecule has 27 heavy (non-hydrogen) atoms. The summed E-state index contributed by atoms with van der Waals surface area (Å²) >= 11 is 1.73. The SMILES string of the molecule is CCc1cnc(CNC(=NC)NCc2ccc(C)cc2OC2CCOC2)s1. The van der Waals surface area contributed by atoms with Crippen LogP contribution in [0.4, 0.5) is 0 Å². The molecular weight excluding hydrogens is 360 g/mol. The summed E-state index contributed by atoms with van der Waals surface area (Å²) < 4.78 is 11.6. The maximum atomic E-state index is 6.16. The Morgan fingerprint density at radius 1 is 1.37 bits per heavy atom. The Labute approximate surface area is 165 Å². The number of aromatic nitrogens is 1. The van der Waals surface area contributed by atoms with Gasteiger partial charge in [-0.05, 0) is 25.0 Å². The number of nitrogens with zero attached hydrogens (tertiary/aromatic N) is 2. The third kappa shape index (κ3) is 5.68. The highest BCUT2D eigenvalue weighted by atomic mass is 32.1. The normalized spacial score (nSPS) is 17.1. The van der Waals surface area contributed by atoms with E-state index in [1.165, 1.54) is 10.4 Å². The molecule has 3 rings (SSSR count). The van der Waals surface area contributed by atoms with Gasteiger partial charge in [-0.1, -0.05) is 19.1 Å². The molecule has 1 atom stereocenters. The van der Waals surface area contributed by atoms with Gasteiger partial charge in [-0.15, -0.1) is 11.3 Å². The zero-order valence-electron chi connectivity index (χ0n) is 16.2. The van der Waals surface area contributed by atoms with Crippen molar-refractivity contribution in [1.82, 2.24) is 15.6 Å². The summed E-state index contributed by atoms with van der Waals surface area (Å²) in [5.41, 5.74) is 2.30. The minimum atomic E-state index is 0.139. The van der Waals surface area contributed by atoms with E-state index < -0.39 is 0 Å². The van der Waals surface area contributed by atoms with Gasteiger partial charge in [0.15, 0.2) is 5.96 Å². The van der Waals surface area contributed by atoms with Gasteiger partial charge in [0.05, 0.1) is 19.8 Å². The van der Waals surface area contributed by atoms with Gasteiger partial charge >= 0.3 is 0 Å². The van der Waals surface area contributed by atoms with Crippen LogP contribution in [0.1, 0.15) is 34.4 Å². The van der Waals surface area contributed by atoms with Gasteiger partial charge in [0.25, 0.3) is 0 Å². The van der Waals surface area contributed by atoms with Gasteiger partial charge in [-0.25, -0.2) is 4.98 Å². The van der Waals surface area contributed by atoms with Crippen molar-refractivity contribution in [2.75, 3.05) is 20.3 Å². The minimum Gasteiger partial charge on any atom is -0.488 e. The first-order valence-electron chi connectivity index (χ1n) is 9.40. The Bertz CT molecular complexity index is 769. The average molecular weight is 389 g/mol. The van der Waals surface area contributed by atoms with E-state index in [4.69, 9.17) is 9.47 Å². The number of guanidine groups is 1. The lowest BCUT2D eigenvalue weighted by atomic mass is 10.1. The molecular formula is C20H28N4O2S. The van der Waals surface area contributed by atoms with E-state index in [9.17, 15) is 0 Å². The van der Waals surface area contributed by atoms with E-state index in [1.807, 2.05) is 6.20 Å². The topological polar surface area (TPSA) is 67.8 Å². The summed E-state index contributed by atoms with van der Waals surface area (Å²) in [6.07, 6.45) is 4.05. The van der Waals surface area contributed by atoms with Crippen LogP contribution in [-0.4, -0.2) is 37.3 Å². The van der Waals surface area contributed by atoms with Crippen molar-refractivity contribution in [1.29, 1.82) is 0 Å². The number of benzene rings is 1. The first kappa shape index (κ1) is 19.6. The molecule has 0 amide bonds. The molecule has 146 valence electrons. The Morgan fingerprint density at radius 2 is 2.22 bits per heavy atom. The smallest absolute Gasteiger partial charge is 0.191 e. The number of hydrogen-bond donors (Lipinski definition) is 2. The fourth-order valence-corrected chi connectivity index (χ4v) is 3.66. The fraction of sp³-hybridized carbons (Fsp3) is 0.500. The Balaban J connectivity index is 1.57. The van der Waals surface area contributed by atoms with Gasteiger partial charge in [0.1, 0.15) is 16.9 Å². The predicted octanol–water partition coefficient (Wildman–Crippen LogP) is 3.05. The lowest BCUT2D eigenvalue weighted by Gasteiger charge is -2.18. The Hall–Kier alpha value is -2.12. The van der Waals surface area contributed by atoms with Crippen molar-refractivity contribution in [3.63, 3.8) is 0 Å². The van der Waals surface area contributed by atoms with E-state index in [-0.39, 0.29) is 6.10 Å². The van der Waals surface area contributed by atoms with Crippen LogP contribution in [0.3, 0.4) is 0 Å². The summed E-state index contributed by atoms with van der Waals surface area (Å²) in [6.45, 7) is 6.97. The number of aryl methyl sites for hydroxylation is 2. The third-order valence-corrected chi connectivity index (χ3v) is 5.57. The number of aliphatic imine (C=N–C) groups is 1. The van der Waals surface area contributed by atoms with Gasteiger partial charge in [-0.2, -0.15) is 0 Å². The van der Waals surface area contributed by atoms with Crippen LogP contribution < -0.4 is 15.4 Å². The third-order valence-electron chi connectivity index (χ3n) is 4.43. The van der Waals surface area contributed by atoms with Crippen molar-refractivity contribution >= 4 is 17.3 Å². The molecule has 1 aliphatic rings. The molecule has 2 heterocycles. The zero-order valence-corrected chi connectivity index (χ0v) is 17.1. The van der Waals surface area contributed by atoms with Gasteiger partial charge < -0.3 is 20.1 Å². The monoisotopic (exact) mass is 388 g/mol. The number of rotatable bonds is 7.